The number of allylic oxidation sites excluding steroid dienone is 1. The Morgan fingerprint density at radius 1 is 1.30 bits per heavy atom. The third kappa shape index (κ3) is 4.11. The molecule has 0 saturated carbocycles. The van der Waals surface area contributed by atoms with Gasteiger partial charge >= 0.3 is 0 Å². The summed E-state index contributed by atoms with van der Waals surface area (Å²) in [6, 6.07) is 8.23. The van der Waals surface area contributed by atoms with Gasteiger partial charge in [-0.15, -0.1) is 0 Å². The van der Waals surface area contributed by atoms with Crippen LogP contribution in [0.4, 0.5) is 0 Å². The van der Waals surface area contributed by atoms with Gasteiger partial charge in [0.25, 0.3) is 0 Å². The van der Waals surface area contributed by atoms with Gasteiger partial charge in [-0.2, -0.15) is 5.10 Å². The van der Waals surface area contributed by atoms with E-state index in [0.717, 1.165) is 30.8 Å². The van der Waals surface area contributed by atoms with Gasteiger partial charge < -0.3 is 9.64 Å². The molecule has 0 radical (unpaired) electrons. The third-order valence-electron chi connectivity index (χ3n) is 4.13. The van der Waals surface area contributed by atoms with Gasteiger partial charge in [0.1, 0.15) is 5.75 Å². The molecule has 0 N–H and O–H groups in total. The standard InChI is InChI=1S/C19H23N3O/c1-21-12-8-16(9-13-21)4-5-17-6-7-19(23-2)18(14-17)15-22-11-3-10-20-22/h3-8,10-11,14H,9,12-13,15H2,1-2H3/b5-4+. The zero-order chi connectivity index (χ0) is 16.1. The molecule has 0 fully saturated rings. The maximum Gasteiger partial charge on any atom is 0.123 e. The second kappa shape index (κ2) is 7.29. The average Bonchev–Trinajstić information content (AvgIpc) is 3.07. The molecule has 4 heteroatoms. The highest BCUT2D eigenvalue weighted by Crippen LogP contribution is 2.22. The summed E-state index contributed by atoms with van der Waals surface area (Å²) in [5.74, 6) is 0.899. The highest BCUT2D eigenvalue weighted by molar-refractivity contribution is 5.56. The maximum absolute atomic E-state index is 5.47. The van der Waals surface area contributed by atoms with E-state index in [0.29, 0.717) is 6.54 Å². The van der Waals surface area contributed by atoms with Crippen LogP contribution in [0.5, 0.6) is 5.75 Å². The molecule has 0 amide bonds. The van der Waals surface area contributed by atoms with Crippen LogP contribution in [0.3, 0.4) is 0 Å². The molecule has 1 aromatic carbocycles. The first-order valence-electron chi connectivity index (χ1n) is 7.94. The largest absolute Gasteiger partial charge is 0.496 e. The zero-order valence-corrected chi connectivity index (χ0v) is 13.8. The molecular formula is C19H23N3O. The van der Waals surface area contributed by atoms with Crippen LogP contribution in [0.15, 0.2) is 54.4 Å². The summed E-state index contributed by atoms with van der Waals surface area (Å²) >= 11 is 0. The van der Waals surface area contributed by atoms with Crippen molar-refractivity contribution in [2.75, 3.05) is 27.2 Å². The molecule has 1 aromatic heterocycles. The second-order valence-corrected chi connectivity index (χ2v) is 5.90. The lowest BCUT2D eigenvalue weighted by Crippen LogP contribution is -2.23. The molecule has 0 atom stereocenters. The Hall–Kier alpha value is -2.33. The Labute approximate surface area is 137 Å². The monoisotopic (exact) mass is 309 g/mol. The number of benzene rings is 1. The molecule has 0 saturated heterocycles. The second-order valence-electron chi connectivity index (χ2n) is 5.90. The smallest absolute Gasteiger partial charge is 0.123 e. The van der Waals surface area contributed by atoms with E-state index in [1.165, 1.54) is 11.1 Å². The summed E-state index contributed by atoms with van der Waals surface area (Å²) in [6.45, 7) is 2.88. The van der Waals surface area contributed by atoms with E-state index in [4.69, 9.17) is 4.74 Å². The first kappa shape index (κ1) is 15.6. The van der Waals surface area contributed by atoms with Crippen molar-refractivity contribution in [3.05, 3.63) is 65.5 Å². The molecule has 3 rings (SSSR count). The summed E-state index contributed by atoms with van der Waals surface area (Å²) in [6.07, 6.45) is 11.6. The van der Waals surface area contributed by atoms with Crippen molar-refractivity contribution in [2.24, 2.45) is 0 Å². The lowest BCUT2D eigenvalue weighted by atomic mass is 10.0. The summed E-state index contributed by atoms with van der Waals surface area (Å²) < 4.78 is 7.38. The number of likely N-dealkylation sites (N-methyl/N-ethyl adjacent to an activating group) is 1. The fourth-order valence-corrected chi connectivity index (χ4v) is 2.74. The third-order valence-corrected chi connectivity index (χ3v) is 4.13. The molecule has 0 bridgehead atoms. The molecule has 1 aliphatic heterocycles. The van der Waals surface area contributed by atoms with E-state index in [2.05, 4.69) is 47.4 Å². The van der Waals surface area contributed by atoms with Crippen LogP contribution < -0.4 is 4.74 Å². The molecule has 2 heterocycles. The van der Waals surface area contributed by atoms with Gasteiger partial charge in [0.15, 0.2) is 0 Å². The fourth-order valence-electron chi connectivity index (χ4n) is 2.74. The van der Waals surface area contributed by atoms with Gasteiger partial charge in [-0.25, -0.2) is 0 Å². The summed E-state index contributed by atoms with van der Waals surface area (Å²) in [5, 5.41) is 4.27. The molecule has 23 heavy (non-hydrogen) atoms. The lowest BCUT2D eigenvalue weighted by molar-refractivity contribution is 0.361. The van der Waals surface area contributed by atoms with Gasteiger partial charge in [0.05, 0.1) is 13.7 Å². The van der Waals surface area contributed by atoms with E-state index in [-0.39, 0.29) is 0 Å². The van der Waals surface area contributed by atoms with Crippen LogP contribution in [-0.4, -0.2) is 41.9 Å². The fraction of sp³-hybridized carbons (Fsp3) is 0.316. The van der Waals surface area contributed by atoms with Crippen LogP contribution in [0.1, 0.15) is 17.5 Å². The molecule has 0 spiro atoms. The van der Waals surface area contributed by atoms with E-state index in [9.17, 15) is 0 Å². The number of methoxy groups -OCH3 is 1. The first-order chi connectivity index (χ1) is 11.2. The van der Waals surface area contributed by atoms with Gasteiger partial charge in [-0.1, -0.05) is 24.3 Å². The molecule has 2 aromatic rings. The minimum Gasteiger partial charge on any atom is -0.496 e. The number of ether oxygens (including phenoxy) is 1. The minimum absolute atomic E-state index is 0.714. The molecular weight excluding hydrogens is 286 g/mol. The highest BCUT2D eigenvalue weighted by atomic mass is 16.5. The molecule has 0 aliphatic carbocycles. The number of rotatable bonds is 5. The van der Waals surface area contributed by atoms with Crippen molar-refractivity contribution in [1.29, 1.82) is 0 Å². The number of nitrogens with zero attached hydrogens (tertiary/aromatic N) is 3. The van der Waals surface area contributed by atoms with Crippen molar-refractivity contribution < 1.29 is 4.74 Å². The summed E-state index contributed by atoms with van der Waals surface area (Å²) in [5.41, 5.74) is 3.73. The molecule has 4 nitrogen and oxygen atoms in total. The van der Waals surface area contributed by atoms with Crippen LogP contribution in [-0.2, 0) is 6.54 Å². The number of hydrogen-bond donors (Lipinski definition) is 0. The van der Waals surface area contributed by atoms with Crippen LogP contribution in [0.25, 0.3) is 6.08 Å². The minimum atomic E-state index is 0.714. The predicted molar refractivity (Wildman–Crippen MR) is 93.6 cm³/mol. The van der Waals surface area contributed by atoms with Crippen LogP contribution in [0, 0.1) is 0 Å². The van der Waals surface area contributed by atoms with Gasteiger partial charge in [0, 0.05) is 31.0 Å². The average molecular weight is 309 g/mol. The number of aromatic nitrogens is 2. The SMILES string of the molecule is COc1ccc(/C=C/C2=CCN(C)CC2)cc1Cn1cccn1. The maximum atomic E-state index is 5.47. The summed E-state index contributed by atoms with van der Waals surface area (Å²) in [7, 11) is 3.86. The Bertz CT molecular complexity index is 701. The Morgan fingerprint density at radius 2 is 2.22 bits per heavy atom. The number of hydrogen-bond acceptors (Lipinski definition) is 3. The van der Waals surface area contributed by atoms with E-state index in [1.54, 1.807) is 13.3 Å². The van der Waals surface area contributed by atoms with Gasteiger partial charge in [0.2, 0.25) is 0 Å². The quantitative estimate of drug-likeness (QED) is 0.849. The molecule has 120 valence electrons. The Balaban J connectivity index is 1.77. The van der Waals surface area contributed by atoms with Crippen molar-refractivity contribution >= 4 is 6.08 Å². The molecule has 0 unspecified atom stereocenters. The lowest BCUT2D eigenvalue weighted by Gasteiger charge is -2.20. The van der Waals surface area contributed by atoms with Gasteiger partial charge in [-0.3, -0.25) is 4.68 Å². The van der Waals surface area contributed by atoms with Crippen LogP contribution in [0.2, 0.25) is 0 Å². The summed E-state index contributed by atoms with van der Waals surface area (Å²) in [4.78, 5) is 2.33. The predicted octanol–water partition coefficient (Wildman–Crippen LogP) is 3.22. The van der Waals surface area contributed by atoms with Gasteiger partial charge in [-0.05, 0) is 42.8 Å². The zero-order valence-electron chi connectivity index (χ0n) is 13.8. The van der Waals surface area contributed by atoms with Crippen molar-refractivity contribution in [3.63, 3.8) is 0 Å². The van der Waals surface area contributed by atoms with E-state index >= 15 is 0 Å². The van der Waals surface area contributed by atoms with Crippen molar-refractivity contribution in [1.82, 2.24) is 14.7 Å². The highest BCUT2D eigenvalue weighted by Gasteiger charge is 2.06. The van der Waals surface area contributed by atoms with Crippen molar-refractivity contribution in [2.45, 2.75) is 13.0 Å². The van der Waals surface area contributed by atoms with Crippen LogP contribution >= 0.6 is 0 Å². The first-order valence-corrected chi connectivity index (χ1v) is 7.94. The topological polar surface area (TPSA) is 30.3 Å². The Kier molecular flexibility index (Phi) is 4.93. The van der Waals surface area contributed by atoms with E-state index in [1.807, 2.05) is 23.0 Å². The van der Waals surface area contributed by atoms with E-state index < -0.39 is 0 Å². The molecule has 1 aliphatic rings. The van der Waals surface area contributed by atoms with Crippen molar-refractivity contribution in [3.8, 4) is 5.75 Å². The Morgan fingerprint density at radius 3 is 2.91 bits per heavy atom. The normalized spacial score (nSPS) is 15.8.